The lowest BCUT2D eigenvalue weighted by molar-refractivity contribution is 0.264. The summed E-state index contributed by atoms with van der Waals surface area (Å²) in [7, 11) is 0. The summed E-state index contributed by atoms with van der Waals surface area (Å²) >= 11 is 0. The molecule has 3 aromatic rings. The molecule has 128 valence electrons. The van der Waals surface area contributed by atoms with Gasteiger partial charge < -0.3 is 9.67 Å². The maximum Gasteiger partial charge on any atom is 0.0991 e. The second kappa shape index (κ2) is 7.45. The van der Waals surface area contributed by atoms with Crippen LogP contribution in [0.3, 0.4) is 0 Å². The highest BCUT2D eigenvalue weighted by atomic mass is 19.1. The van der Waals surface area contributed by atoms with Crippen LogP contribution in [-0.4, -0.2) is 23.0 Å². The fourth-order valence-corrected chi connectivity index (χ4v) is 2.99. The summed E-state index contributed by atoms with van der Waals surface area (Å²) in [6, 6.07) is 14.9. The molecule has 3 nitrogen and oxygen atoms in total. The van der Waals surface area contributed by atoms with Crippen LogP contribution in [0.25, 0.3) is 22.0 Å². The second-order valence-corrected chi connectivity index (χ2v) is 6.07. The average Bonchev–Trinajstić information content (AvgIpc) is 3.03. The molecule has 0 amide bonds. The normalized spacial score (nSPS) is 11.2. The molecule has 0 aliphatic carbocycles. The third-order valence-corrected chi connectivity index (χ3v) is 4.32. The van der Waals surface area contributed by atoms with E-state index in [1.807, 2.05) is 41.1 Å². The highest BCUT2D eigenvalue weighted by Crippen LogP contribution is 2.32. The van der Waals surface area contributed by atoms with Crippen LogP contribution < -0.4 is 0 Å². The maximum absolute atomic E-state index is 13.0. The van der Waals surface area contributed by atoms with Crippen molar-refractivity contribution in [3.63, 3.8) is 0 Å². The minimum Gasteiger partial charge on any atom is -0.392 e. The molecule has 0 fully saturated rings. The summed E-state index contributed by atoms with van der Waals surface area (Å²) in [6.45, 7) is -1.34. The predicted molar refractivity (Wildman–Crippen MR) is 93.5 cm³/mol. The van der Waals surface area contributed by atoms with Crippen molar-refractivity contribution < 1.29 is 13.9 Å². The fraction of sp³-hybridized carbons (Fsp3) is 0.250. The van der Waals surface area contributed by atoms with Crippen LogP contribution in [0.15, 0.2) is 48.7 Å². The lowest BCUT2D eigenvalue weighted by Gasteiger charge is -2.11. The van der Waals surface area contributed by atoms with E-state index in [4.69, 9.17) is 5.26 Å². The maximum atomic E-state index is 13.0. The summed E-state index contributed by atoms with van der Waals surface area (Å²) < 4.78 is 27.8. The van der Waals surface area contributed by atoms with Gasteiger partial charge in [-0.05, 0) is 29.3 Å². The number of aromatic nitrogens is 1. The number of alkyl halides is 2. The Morgan fingerprint density at radius 2 is 1.92 bits per heavy atom. The topological polar surface area (TPSA) is 49.0 Å². The lowest BCUT2D eigenvalue weighted by Crippen LogP contribution is -2.14. The molecule has 0 spiro atoms. The van der Waals surface area contributed by atoms with Crippen LogP contribution in [0.4, 0.5) is 8.78 Å². The number of halogens is 2. The number of hydrogen-bond donors (Lipinski definition) is 1. The van der Waals surface area contributed by atoms with Gasteiger partial charge in [-0.3, -0.25) is 8.78 Å². The van der Waals surface area contributed by atoms with E-state index in [9.17, 15) is 13.9 Å². The van der Waals surface area contributed by atoms with Gasteiger partial charge in [-0.25, -0.2) is 0 Å². The molecule has 0 radical (unpaired) electrons. The van der Waals surface area contributed by atoms with E-state index < -0.39 is 19.3 Å². The number of nitriles is 1. The smallest absolute Gasteiger partial charge is 0.0991 e. The molecular weight excluding hydrogens is 322 g/mol. The Hall–Kier alpha value is -2.71. The zero-order chi connectivity index (χ0) is 17.8. The van der Waals surface area contributed by atoms with Gasteiger partial charge >= 0.3 is 0 Å². The molecule has 1 aromatic heterocycles. The van der Waals surface area contributed by atoms with Crippen molar-refractivity contribution in [1.82, 2.24) is 4.57 Å². The van der Waals surface area contributed by atoms with Crippen molar-refractivity contribution in [1.29, 1.82) is 5.26 Å². The SMILES string of the molecule is N#Cc1cccc(-c2cn(CC(CF)CF)c3cc(CO)ccc23)c1. The summed E-state index contributed by atoms with van der Waals surface area (Å²) in [6.07, 6.45) is 1.86. The van der Waals surface area contributed by atoms with Gasteiger partial charge in [0.2, 0.25) is 0 Å². The van der Waals surface area contributed by atoms with E-state index >= 15 is 0 Å². The Kier molecular flexibility index (Phi) is 5.11. The van der Waals surface area contributed by atoms with Crippen LogP contribution in [0.1, 0.15) is 11.1 Å². The quantitative estimate of drug-likeness (QED) is 0.730. The molecular formula is C20H18F2N2O. The van der Waals surface area contributed by atoms with Gasteiger partial charge in [0.1, 0.15) is 0 Å². The van der Waals surface area contributed by atoms with Crippen LogP contribution in [0, 0.1) is 17.2 Å². The van der Waals surface area contributed by atoms with Gasteiger partial charge in [0.25, 0.3) is 0 Å². The number of rotatable bonds is 6. The van der Waals surface area contributed by atoms with Crippen molar-refractivity contribution in [3.8, 4) is 17.2 Å². The van der Waals surface area contributed by atoms with E-state index in [-0.39, 0.29) is 13.2 Å². The van der Waals surface area contributed by atoms with Gasteiger partial charge in [-0.1, -0.05) is 24.3 Å². The standard InChI is InChI=1S/C20H18F2N2O/c21-8-16(9-22)11-24-12-19(17-3-1-2-14(6-17)10-23)18-5-4-15(13-25)7-20(18)24/h1-7,12,16,25H,8-9,11,13H2. The number of aliphatic hydroxyl groups is 1. The Morgan fingerprint density at radius 3 is 2.60 bits per heavy atom. The van der Waals surface area contributed by atoms with Crippen LogP contribution >= 0.6 is 0 Å². The number of hydrogen-bond acceptors (Lipinski definition) is 2. The molecule has 0 atom stereocenters. The third kappa shape index (κ3) is 3.40. The van der Waals surface area contributed by atoms with Gasteiger partial charge in [0, 0.05) is 35.1 Å². The Balaban J connectivity index is 2.17. The van der Waals surface area contributed by atoms with E-state index in [0.717, 1.165) is 27.6 Å². The number of nitrogens with zero attached hydrogens (tertiary/aromatic N) is 2. The first-order valence-corrected chi connectivity index (χ1v) is 8.05. The van der Waals surface area contributed by atoms with Gasteiger partial charge in [0.05, 0.1) is 31.6 Å². The van der Waals surface area contributed by atoms with Crippen LogP contribution in [0.5, 0.6) is 0 Å². The fourth-order valence-electron chi connectivity index (χ4n) is 2.99. The van der Waals surface area contributed by atoms with Gasteiger partial charge in [-0.2, -0.15) is 5.26 Å². The molecule has 5 heteroatoms. The number of aliphatic hydroxyl groups excluding tert-OH is 1. The van der Waals surface area contributed by atoms with E-state index in [0.29, 0.717) is 5.56 Å². The van der Waals surface area contributed by atoms with E-state index in [1.165, 1.54) is 0 Å². The van der Waals surface area contributed by atoms with Crippen molar-refractivity contribution in [3.05, 3.63) is 59.8 Å². The van der Waals surface area contributed by atoms with Gasteiger partial charge in [-0.15, -0.1) is 0 Å². The highest BCUT2D eigenvalue weighted by Gasteiger charge is 2.15. The highest BCUT2D eigenvalue weighted by molar-refractivity contribution is 5.96. The molecule has 25 heavy (non-hydrogen) atoms. The van der Waals surface area contributed by atoms with Crippen molar-refractivity contribution >= 4 is 10.9 Å². The molecule has 0 bridgehead atoms. The first-order valence-electron chi connectivity index (χ1n) is 8.05. The van der Waals surface area contributed by atoms with Crippen LogP contribution in [0.2, 0.25) is 0 Å². The first kappa shape index (κ1) is 17.1. The zero-order valence-corrected chi connectivity index (χ0v) is 13.6. The molecule has 1 N–H and O–H groups in total. The van der Waals surface area contributed by atoms with E-state index in [2.05, 4.69) is 6.07 Å². The second-order valence-electron chi connectivity index (χ2n) is 6.07. The summed E-state index contributed by atoms with van der Waals surface area (Å²) in [5, 5.41) is 19.4. The molecule has 0 aliphatic rings. The molecule has 0 saturated carbocycles. The molecule has 2 aromatic carbocycles. The lowest BCUT2D eigenvalue weighted by atomic mass is 10.0. The molecule has 1 heterocycles. The van der Waals surface area contributed by atoms with E-state index in [1.54, 1.807) is 12.1 Å². The van der Waals surface area contributed by atoms with Gasteiger partial charge in [0.15, 0.2) is 0 Å². The monoisotopic (exact) mass is 340 g/mol. The third-order valence-electron chi connectivity index (χ3n) is 4.32. The Labute approximate surface area is 144 Å². The predicted octanol–water partition coefficient (Wildman–Crippen LogP) is 4.23. The molecule has 0 aliphatic heterocycles. The van der Waals surface area contributed by atoms with Crippen molar-refractivity contribution in [2.45, 2.75) is 13.2 Å². The summed E-state index contributed by atoms with van der Waals surface area (Å²) in [5.41, 5.74) is 3.87. The molecule has 3 rings (SSSR count). The first-order chi connectivity index (χ1) is 12.2. The van der Waals surface area contributed by atoms with Crippen LogP contribution in [-0.2, 0) is 13.2 Å². The average molecular weight is 340 g/mol. The largest absolute Gasteiger partial charge is 0.392 e. The number of fused-ring (bicyclic) bond motifs is 1. The Bertz CT molecular complexity index is 923. The van der Waals surface area contributed by atoms with Crippen molar-refractivity contribution in [2.75, 3.05) is 13.3 Å². The molecule has 0 saturated heterocycles. The number of benzene rings is 2. The van der Waals surface area contributed by atoms with Crippen molar-refractivity contribution in [2.24, 2.45) is 5.92 Å². The Morgan fingerprint density at radius 1 is 1.12 bits per heavy atom. The summed E-state index contributed by atoms with van der Waals surface area (Å²) in [4.78, 5) is 0. The summed E-state index contributed by atoms with van der Waals surface area (Å²) in [5.74, 6) is -0.702. The minimum atomic E-state index is -0.727. The molecule has 0 unspecified atom stereocenters. The minimum absolute atomic E-state index is 0.101. The zero-order valence-electron chi connectivity index (χ0n) is 13.6.